The van der Waals surface area contributed by atoms with E-state index >= 15 is 0 Å². The van der Waals surface area contributed by atoms with E-state index in [0.29, 0.717) is 27.0 Å². The Kier molecular flexibility index (Phi) is 7.71. The molecule has 2 saturated heterocycles. The number of nitrogens with one attached hydrogen (secondary N) is 1. The Balaban J connectivity index is 1.44. The Bertz CT molecular complexity index is 1530. The fourth-order valence-electron chi connectivity index (χ4n) is 6.23. The number of thiocarbonyl (C=S) groups is 1. The number of hydrogen-bond donors (Lipinski definition) is 1. The third-order valence-electron chi connectivity index (χ3n) is 7.77. The van der Waals surface area contributed by atoms with Crippen molar-refractivity contribution in [3.8, 4) is 5.69 Å². The van der Waals surface area contributed by atoms with E-state index in [0.717, 1.165) is 46.6 Å². The van der Waals surface area contributed by atoms with Crippen LogP contribution in [0.5, 0.6) is 0 Å². The van der Waals surface area contributed by atoms with Gasteiger partial charge in [-0.15, -0.1) is 0 Å². The average molecular weight is 611 g/mol. The number of halogens is 3. The van der Waals surface area contributed by atoms with Crippen molar-refractivity contribution in [2.75, 3.05) is 22.9 Å². The van der Waals surface area contributed by atoms with Gasteiger partial charge in [0.25, 0.3) is 0 Å². The maximum Gasteiger partial charge on any atom is 0.174 e. The van der Waals surface area contributed by atoms with Crippen LogP contribution >= 0.6 is 47.0 Å². The molecule has 0 unspecified atom stereocenters. The molecular weight excluding hydrogens is 581 g/mol. The predicted octanol–water partition coefficient (Wildman–Crippen LogP) is 8.49. The zero-order valence-electron chi connectivity index (χ0n) is 22.3. The number of pyridine rings is 1. The molecule has 0 spiro atoms. The van der Waals surface area contributed by atoms with Crippen molar-refractivity contribution >= 4 is 63.5 Å². The summed E-state index contributed by atoms with van der Waals surface area (Å²) in [5.41, 5.74) is 4.72. The van der Waals surface area contributed by atoms with Gasteiger partial charge in [-0.2, -0.15) is 0 Å². The number of aromatic nitrogens is 2. The first-order chi connectivity index (χ1) is 19.3. The van der Waals surface area contributed by atoms with Crippen molar-refractivity contribution in [1.29, 1.82) is 0 Å². The normalized spacial score (nSPS) is 23.0. The zero-order valence-corrected chi connectivity index (χ0v) is 25.4. The van der Waals surface area contributed by atoms with E-state index in [9.17, 15) is 0 Å². The van der Waals surface area contributed by atoms with Gasteiger partial charge in [0.1, 0.15) is 6.04 Å². The summed E-state index contributed by atoms with van der Waals surface area (Å²) in [4.78, 5) is 9.24. The molecule has 4 atom stereocenters. The molecule has 2 fully saturated rings. The Morgan fingerprint density at radius 3 is 2.33 bits per heavy atom. The highest BCUT2D eigenvalue weighted by Crippen LogP contribution is 2.44. The van der Waals surface area contributed by atoms with E-state index in [2.05, 4.69) is 56.7 Å². The Morgan fingerprint density at radius 2 is 1.62 bits per heavy atom. The minimum Gasteiger partial charge on any atom is -0.370 e. The zero-order chi connectivity index (χ0) is 28.0. The van der Waals surface area contributed by atoms with Gasteiger partial charge in [-0.3, -0.25) is 4.98 Å². The largest absolute Gasteiger partial charge is 0.370 e. The maximum atomic E-state index is 6.99. The minimum atomic E-state index is -0.221. The highest BCUT2D eigenvalue weighted by molar-refractivity contribution is 7.80. The molecule has 0 bridgehead atoms. The highest BCUT2D eigenvalue weighted by Gasteiger charge is 2.42. The van der Waals surface area contributed by atoms with E-state index in [1.807, 2.05) is 48.7 Å². The van der Waals surface area contributed by atoms with Crippen LogP contribution in [0.25, 0.3) is 5.69 Å². The van der Waals surface area contributed by atoms with Gasteiger partial charge in [-0.05, 0) is 91.1 Å². The number of benzene rings is 2. The third-order valence-corrected chi connectivity index (χ3v) is 8.92. The molecule has 40 heavy (non-hydrogen) atoms. The van der Waals surface area contributed by atoms with Gasteiger partial charge in [0.15, 0.2) is 5.11 Å². The fourth-order valence-corrected chi connectivity index (χ4v) is 7.37. The second-order valence-electron chi connectivity index (χ2n) is 10.9. The topological polar surface area (TPSA) is 36.3 Å². The van der Waals surface area contributed by atoms with Crippen LogP contribution in [0.1, 0.15) is 43.7 Å². The lowest BCUT2D eigenvalue weighted by Crippen LogP contribution is -2.38. The molecule has 2 aromatic heterocycles. The van der Waals surface area contributed by atoms with Crippen molar-refractivity contribution in [3.63, 3.8) is 0 Å². The first kappa shape index (κ1) is 27.4. The quantitative estimate of drug-likeness (QED) is 0.229. The molecule has 0 aliphatic carbocycles. The first-order valence-electron chi connectivity index (χ1n) is 13.5. The van der Waals surface area contributed by atoms with Gasteiger partial charge in [0.2, 0.25) is 0 Å². The molecule has 4 aromatic rings. The van der Waals surface area contributed by atoms with E-state index in [-0.39, 0.29) is 12.1 Å². The van der Waals surface area contributed by atoms with Crippen LogP contribution in [0.2, 0.25) is 15.1 Å². The predicted molar refractivity (Wildman–Crippen MR) is 170 cm³/mol. The SMILES string of the molecule is C[C@@H]1C[C@H](C)CN(c2ccc(N3C(=S)N[C@H](c4ccccn4)[C@@H]3c3cccn3-c3ccc(Cl)cc3Cl)cc2Cl)C1. The van der Waals surface area contributed by atoms with Crippen molar-refractivity contribution in [2.45, 2.75) is 32.4 Å². The van der Waals surface area contributed by atoms with Crippen LogP contribution in [-0.2, 0) is 0 Å². The lowest BCUT2D eigenvalue weighted by Gasteiger charge is -2.37. The summed E-state index contributed by atoms with van der Waals surface area (Å²) < 4.78 is 2.09. The molecule has 2 aliphatic rings. The van der Waals surface area contributed by atoms with Gasteiger partial charge in [-0.1, -0.05) is 54.7 Å². The van der Waals surface area contributed by atoms with Gasteiger partial charge < -0.3 is 19.7 Å². The number of hydrogen-bond acceptors (Lipinski definition) is 3. The Morgan fingerprint density at radius 1 is 0.875 bits per heavy atom. The number of piperidine rings is 1. The molecule has 2 aromatic carbocycles. The molecule has 1 N–H and O–H groups in total. The molecule has 0 saturated carbocycles. The summed E-state index contributed by atoms with van der Waals surface area (Å²) in [5.74, 6) is 1.26. The van der Waals surface area contributed by atoms with Crippen LogP contribution in [-0.4, -0.2) is 27.8 Å². The van der Waals surface area contributed by atoms with Crippen molar-refractivity contribution in [2.24, 2.45) is 11.8 Å². The Labute approximate surface area is 255 Å². The summed E-state index contributed by atoms with van der Waals surface area (Å²) in [5, 5.41) is 6.03. The lowest BCUT2D eigenvalue weighted by atomic mass is 9.91. The van der Waals surface area contributed by atoms with Crippen molar-refractivity contribution in [1.82, 2.24) is 14.9 Å². The number of rotatable bonds is 5. The summed E-state index contributed by atoms with van der Waals surface area (Å²) >= 11 is 25.8. The standard InChI is InChI=1S/C31H30Cl3N5S/c1-19-14-20(2)18-37(17-19)26-11-9-22(16-24(26)34)39-30(29(36-31(39)40)25-6-3-4-12-35-25)28-7-5-13-38(28)27-10-8-21(32)15-23(27)33/h3-13,15-16,19-20,29-30H,14,17-18H2,1-2H3,(H,36,40)/t19-,20+,29-,30+/m1/s1. The molecule has 0 amide bonds. The number of anilines is 2. The summed E-state index contributed by atoms with van der Waals surface area (Å²) in [7, 11) is 0. The van der Waals surface area contributed by atoms with E-state index in [1.165, 1.54) is 6.42 Å². The molecule has 6 rings (SSSR count). The van der Waals surface area contributed by atoms with Crippen LogP contribution in [0.4, 0.5) is 11.4 Å². The molecule has 5 nitrogen and oxygen atoms in total. The van der Waals surface area contributed by atoms with Gasteiger partial charge >= 0.3 is 0 Å². The lowest BCUT2D eigenvalue weighted by molar-refractivity contribution is 0.357. The molecule has 2 aliphatic heterocycles. The van der Waals surface area contributed by atoms with Crippen LogP contribution in [0.3, 0.4) is 0 Å². The highest BCUT2D eigenvalue weighted by atomic mass is 35.5. The average Bonchev–Trinajstić information content (AvgIpc) is 3.52. The summed E-state index contributed by atoms with van der Waals surface area (Å²) in [6, 6.07) is 21.4. The second kappa shape index (κ2) is 11.2. The first-order valence-corrected chi connectivity index (χ1v) is 15.0. The van der Waals surface area contributed by atoms with Crippen molar-refractivity contribution in [3.05, 3.63) is 106 Å². The van der Waals surface area contributed by atoms with Crippen LogP contribution in [0, 0.1) is 11.8 Å². The van der Waals surface area contributed by atoms with E-state index in [4.69, 9.17) is 47.0 Å². The van der Waals surface area contributed by atoms with Gasteiger partial charge in [0, 0.05) is 41.9 Å². The molecule has 0 radical (unpaired) electrons. The van der Waals surface area contributed by atoms with Crippen LogP contribution < -0.4 is 15.1 Å². The number of nitrogens with zero attached hydrogens (tertiary/aromatic N) is 4. The fraction of sp³-hybridized carbons (Fsp3) is 0.290. The third kappa shape index (κ3) is 5.18. The Hall–Kier alpha value is -2.77. The van der Waals surface area contributed by atoms with Crippen molar-refractivity contribution < 1.29 is 0 Å². The molecular formula is C31H30Cl3N5S. The van der Waals surface area contributed by atoms with Gasteiger partial charge in [-0.25, -0.2) is 0 Å². The minimum absolute atomic E-state index is 0.198. The molecule has 206 valence electrons. The van der Waals surface area contributed by atoms with Gasteiger partial charge in [0.05, 0.1) is 33.2 Å². The molecule has 9 heteroatoms. The second-order valence-corrected chi connectivity index (χ2v) is 12.5. The molecule has 4 heterocycles. The van der Waals surface area contributed by atoms with Crippen LogP contribution in [0.15, 0.2) is 79.1 Å². The van der Waals surface area contributed by atoms with E-state index in [1.54, 1.807) is 12.3 Å². The smallest absolute Gasteiger partial charge is 0.174 e. The monoisotopic (exact) mass is 609 g/mol. The summed E-state index contributed by atoms with van der Waals surface area (Å²) in [6.45, 7) is 6.63. The summed E-state index contributed by atoms with van der Waals surface area (Å²) in [6.07, 6.45) is 5.06. The maximum absolute atomic E-state index is 6.99. The van der Waals surface area contributed by atoms with E-state index < -0.39 is 0 Å².